The van der Waals surface area contributed by atoms with Crippen LogP contribution in [-0.4, -0.2) is 35.9 Å². The van der Waals surface area contributed by atoms with Gasteiger partial charge in [0.25, 0.3) is 5.91 Å². The summed E-state index contributed by atoms with van der Waals surface area (Å²) in [5.74, 6) is 0.365. The summed E-state index contributed by atoms with van der Waals surface area (Å²) in [5.41, 5.74) is 1.62. The van der Waals surface area contributed by atoms with E-state index in [1.165, 1.54) is 4.90 Å². The molecule has 0 aliphatic rings. The first-order valence-corrected chi connectivity index (χ1v) is 11.7. The van der Waals surface area contributed by atoms with Crippen molar-refractivity contribution in [2.45, 2.75) is 59.0 Å². The molecule has 0 aliphatic carbocycles. The molecule has 0 saturated heterocycles. The molecule has 0 aliphatic heterocycles. The van der Waals surface area contributed by atoms with Crippen LogP contribution in [0.15, 0.2) is 42.5 Å². The Morgan fingerprint density at radius 1 is 1.03 bits per heavy atom. The van der Waals surface area contributed by atoms with Crippen LogP contribution < -0.4 is 10.1 Å². The van der Waals surface area contributed by atoms with Crippen molar-refractivity contribution in [3.05, 3.63) is 63.6 Å². The number of rotatable bonds is 11. The van der Waals surface area contributed by atoms with E-state index in [1.807, 2.05) is 24.3 Å². The summed E-state index contributed by atoms with van der Waals surface area (Å²) in [6.45, 7) is 8.36. The number of ether oxygens (including phenoxy) is 1. The standard InChI is InChI=1S/C25H32Cl2N2O3/c1-5-6-14-28-25(31)18(4)29(15-20-21(26)11-9-12-22(20)27)24(30)16-32-23-13-8-7-10-19(23)17(2)3/h7-13,17-18H,5-6,14-16H2,1-4H3,(H,28,31). The molecule has 0 spiro atoms. The Balaban J connectivity index is 2.23. The summed E-state index contributed by atoms with van der Waals surface area (Å²) >= 11 is 12.7. The Bertz CT molecular complexity index is 898. The van der Waals surface area contributed by atoms with E-state index in [0.717, 1.165) is 18.4 Å². The lowest BCUT2D eigenvalue weighted by molar-refractivity contribution is -0.142. The van der Waals surface area contributed by atoms with Crippen LogP contribution in [0.5, 0.6) is 5.75 Å². The zero-order chi connectivity index (χ0) is 23.7. The summed E-state index contributed by atoms with van der Waals surface area (Å²) in [7, 11) is 0. The first-order chi connectivity index (χ1) is 15.3. The predicted molar refractivity (Wildman–Crippen MR) is 130 cm³/mol. The molecule has 1 atom stereocenters. The lowest BCUT2D eigenvalue weighted by Gasteiger charge is -2.29. The fourth-order valence-corrected chi connectivity index (χ4v) is 3.80. The second kappa shape index (κ2) is 12.7. The van der Waals surface area contributed by atoms with Gasteiger partial charge < -0.3 is 15.0 Å². The minimum absolute atomic E-state index is 0.106. The summed E-state index contributed by atoms with van der Waals surface area (Å²) < 4.78 is 5.88. The fraction of sp³-hybridized carbons (Fsp3) is 0.440. The van der Waals surface area contributed by atoms with Crippen molar-refractivity contribution >= 4 is 35.0 Å². The van der Waals surface area contributed by atoms with E-state index in [1.54, 1.807) is 25.1 Å². The van der Waals surface area contributed by atoms with Gasteiger partial charge in [-0.05, 0) is 43.0 Å². The van der Waals surface area contributed by atoms with E-state index in [0.29, 0.717) is 27.9 Å². The molecule has 2 rings (SSSR count). The molecule has 1 N–H and O–H groups in total. The molecule has 2 aromatic carbocycles. The van der Waals surface area contributed by atoms with Gasteiger partial charge in [0, 0.05) is 28.7 Å². The van der Waals surface area contributed by atoms with Gasteiger partial charge in [-0.15, -0.1) is 0 Å². The number of halogens is 2. The van der Waals surface area contributed by atoms with Crippen molar-refractivity contribution in [3.8, 4) is 5.75 Å². The molecular formula is C25H32Cl2N2O3. The number of carbonyl (C=O) groups is 2. The van der Waals surface area contributed by atoms with Gasteiger partial charge in [-0.3, -0.25) is 9.59 Å². The number of unbranched alkanes of at least 4 members (excludes halogenated alkanes) is 1. The van der Waals surface area contributed by atoms with Crippen molar-refractivity contribution in [2.24, 2.45) is 0 Å². The van der Waals surface area contributed by atoms with Crippen LogP contribution in [0, 0.1) is 0 Å². The van der Waals surface area contributed by atoms with Gasteiger partial charge in [0.15, 0.2) is 6.61 Å². The molecule has 1 unspecified atom stereocenters. The van der Waals surface area contributed by atoms with Gasteiger partial charge in [0.1, 0.15) is 11.8 Å². The maximum Gasteiger partial charge on any atom is 0.261 e. The molecular weight excluding hydrogens is 447 g/mol. The highest BCUT2D eigenvalue weighted by Gasteiger charge is 2.28. The van der Waals surface area contributed by atoms with E-state index < -0.39 is 6.04 Å². The van der Waals surface area contributed by atoms with Crippen molar-refractivity contribution in [2.75, 3.05) is 13.2 Å². The summed E-state index contributed by atoms with van der Waals surface area (Å²) in [6, 6.07) is 12.1. The maximum absolute atomic E-state index is 13.2. The van der Waals surface area contributed by atoms with Gasteiger partial charge in [0.2, 0.25) is 5.91 Å². The minimum atomic E-state index is -0.712. The second-order valence-corrected chi connectivity index (χ2v) is 8.84. The Kier molecular flexibility index (Phi) is 10.3. The van der Waals surface area contributed by atoms with Gasteiger partial charge >= 0.3 is 0 Å². The molecule has 32 heavy (non-hydrogen) atoms. The molecule has 0 radical (unpaired) electrons. The third-order valence-electron chi connectivity index (χ3n) is 5.28. The van der Waals surface area contributed by atoms with Gasteiger partial charge in [-0.2, -0.15) is 0 Å². The topological polar surface area (TPSA) is 58.6 Å². The first kappa shape index (κ1) is 26.0. The highest BCUT2D eigenvalue weighted by Crippen LogP contribution is 2.28. The molecule has 0 bridgehead atoms. The monoisotopic (exact) mass is 478 g/mol. The number of nitrogens with zero attached hydrogens (tertiary/aromatic N) is 1. The Hall–Kier alpha value is -2.24. The number of nitrogens with one attached hydrogen (secondary N) is 1. The highest BCUT2D eigenvalue weighted by atomic mass is 35.5. The van der Waals surface area contributed by atoms with E-state index >= 15 is 0 Å². The Morgan fingerprint density at radius 3 is 2.31 bits per heavy atom. The van der Waals surface area contributed by atoms with Crippen LogP contribution in [0.4, 0.5) is 0 Å². The van der Waals surface area contributed by atoms with Crippen LogP contribution >= 0.6 is 23.2 Å². The Labute approximate surface area is 201 Å². The fourth-order valence-electron chi connectivity index (χ4n) is 3.28. The van der Waals surface area contributed by atoms with E-state index in [4.69, 9.17) is 27.9 Å². The maximum atomic E-state index is 13.2. The van der Waals surface area contributed by atoms with E-state index in [9.17, 15) is 9.59 Å². The number of hydrogen-bond donors (Lipinski definition) is 1. The van der Waals surface area contributed by atoms with Gasteiger partial charge in [-0.25, -0.2) is 0 Å². The van der Waals surface area contributed by atoms with Crippen molar-refractivity contribution in [3.63, 3.8) is 0 Å². The quantitative estimate of drug-likeness (QED) is 0.413. The second-order valence-electron chi connectivity index (χ2n) is 8.02. The molecule has 0 aromatic heterocycles. The van der Waals surface area contributed by atoms with E-state index in [-0.39, 0.29) is 30.9 Å². The third-order valence-corrected chi connectivity index (χ3v) is 5.99. The molecule has 5 nitrogen and oxygen atoms in total. The zero-order valence-corrected chi connectivity index (χ0v) is 20.7. The van der Waals surface area contributed by atoms with Crippen molar-refractivity contribution in [1.29, 1.82) is 0 Å². The number of carbonyl (C=O) groups excluding carboxylic acids is 2. The summed E-state index contributed by atoms with van der Waals surface area (Å²) in [6.07, 6.45) is 1.84. The summed E-state index contributed by atoms with van der Waals surface area (Å²) in [4.78, 5) is 27.4. The SMILES string of the molecule is CCCCNC(=O)C(C)N(Cc1c(Cl)cccc1Cl)C(=O)COc1ccccc1C(C)C. The average molecular weight is 479 g/mol. The van der Waals surface area contributed by atoms with Crippen molar-refractivity contribution in [1.82, 2.24) is 10.2 Å². The smallest absolute Gasteiger partial charge is 0.261 e. The van der Waals surface area contributed by atoms with E-state index in [2.05, 4.69) is 26.1 Å². The molecule has 174 valence electrons. The molecule has 2 aromatic rings. The van der Waals surface area contributed by atoms with Gasteiger partial charge in [-0.1, -0.05) is 74.7 Å². The van der Waals surface area contributed by atoms with Crippen LogP contribution in [0.25, 0.3) is 0 Å². The highest BCUT2D eigenvalue weighted by molar-refractivity contribution is 6.36. The number of amides is 2. The number of hydrogen-bond acceptors (Lipinski definition) is 3. The lowest BCUT2D eigenvalue weighted by atomic mass is 10.0. The number of benzene rings is 2. The zero-order valence-electron chi connectivity index (χ0n) is 19.2. The third kappa shape index (κ3) is 7.14. The first-order valence-electron chi connectivity index (χ1n) is 11.0. The average Bonchev–Trinajstić information content (AvgIpc) is 2.77. The number of para-hydroxylation sites is 1. The molecule has 2 amide bonds. The lowest BCUT2D eigenvalue weighted by Crippen LogP contribution is -2.49. The molecule has 7 heteroatoms. The molecule has 0 heterocycles. The predicted octanol–water partition coefficient (Wildman–Crippen LogP) is 5.83. The van der Waals surface area contributed by atoms with Crippen LogP contribution in [0.3, 0.4) is 0 Å². The van der Waals surface area contributed by atoms with Crippen LogP contribution in [0.2, 0.25) is 10.0 Å². The normalized spacial score (nSPS) is 11.8. The minimum Gasteiger partial charge on any atom is -0.483 e. The Morgan fingerprint density at radius 2 is 1.69 bits per heavy atom. The van der Waals surface area contributed by atoms with Gasteiger partial charge in [0.05, 0.1) is 0 Å². The van der Waals surface area contributed by atoms with Crippen LogP contribution in [-0.2, 0) is 16.1 Å². The molecule has 0 saturated carbocycles. The van der Waals surface area contributed by atoms with Crippen molar-refractivity contribution < 1.29 is 14.3 Å². The molecule has 0 fully saturated rings. The largest absolute Gasteiger partial charge is 0.483 e. The summed E-state index contributed by atoms with van der Waals surface area (Å²) in [5, 5.41) is 3.78. The van der Waals surface area contributed by atoms with Crippen LogP contribution in [0.1, 0.15) is 57.6 Å².